The first kappa shape index (κ1) is 15.1. The largest absolute Gasteiger partial charge is 0.408 e. The van der Waals surface area contributed by atoms with Crippen molar-refractivity contribution in [1.29, 1.82) is 0 Å². The highest BCUT2D eigenvalue weighted by molar-refractivity contribution is 6.01. The first-order chi connectivity index (χ1) is 9.29. The van der Waals surface area contributed by atoms with Crippen LogP contribution in [0.3, 0.4) is 0 Å². The van der Waals surface area contributed by atoms with Crippen molar-refractivity contribution in [2.24, 2.45) is 11.7 Å². The van der Waals surface area contributed by atoms with Gasteiger partial charge in [-0.1, -0.05) is 0 Å². The second-order valence-corrected chi connectivity index (χ2v) is 5.42. The molecular formula is C12H18F3N3O2. The van der Waals surface area contributed by atoms with Gasteiger partial charge in [-0.2, -0.15) is 13.2 Å². The van der Waals surface area contributed by atoms with Crippen LogP contribution in [0.4, 0.5) is 13.2 Å². The maximum atomic E-state index is 12.5. The molecule has 20 heavy (non-hydrogen) atoms. The summed E-state index contributed by atoms with van der Waals surface area (Å²) in [6.07, 6.45) is -3.22. The van der Waals surface area contributed by atoms with Gasteiger partial charge in [-0.3, -0.25) is 9.59 Å². The Hall–Kier alpha value is -1.31. The summed E-state index contributed by atoms with van der Waals surface area (Å²) in [5, 5.41) is 1.89. The molecule has 2 aliphatic rings. The van der Waals surface area contributed by atoms with Crippen LogP contribution in [0.1, 0.15) is 25.7 Å². The number of nitrogens with zero attached hydrogens (tertiary/aromatic N) is 1. The van der Waals surface area contributed by atoms with Crippen molar-refractivity contribution in [2.45, 2.75) is 43.9 Å². The van der Waals surface area contributed by atoms with Crippen LogP contribution in [0.15, 0.2) is 0 Å². The summed E-state index contributed by atoms with van der Waals surface area (Å²) in [4.78, 5) is 25.4. The third-order valence-corrected chi connectivity index (χ3v) is 3.84. The third-order valence-electron chi connectivity index (χ3n) is 3.84. The summed E-state index contributed by atoms with van der Waals surface area (Å²) in [5.41, 5.74) is 5.76. The van der Waals surface area contributed by atoms with Gasteiger partial charge < -0.3 is 16.0 Å². The Labute approximate surface area is 114 Å². The molecule has 2 amide bonds. The molecule has 0 aromatic rings. The average molecular weight is 293 g/mol. The number of rotatable bonds is 1. The molecule has 0 aromatic heterocycles. The van der Waals surface area contributed by atoms with Crippen LogP contribution in [0.2, 0.25) is 0 Å². The number of hydrogen-bond acceptors (Lipinski definition) is 3. The van der Waals surface area contributed by atoms with Crippen molar-refractivity contribution < 1.29 is 22.8 Å². The third kappa shape index (κ3) is 3.23. The first-order valence-electron chi connectivity index (χ1n) is 6.70. The van der Waals surface area contributed by atoms with Gasteiger partial charge in [0, 0.05) is 19.1 Å². The molecule has 114 valence electrons. The molecule has 0 spiro atoms. The second kappa shape index (κ2) is 5.59. The van der Waals surface area contributed by atoms with E-state index in [1.165, 1.54) is 4.90 Å². The van der Waals surface area contributed by atoms with Crippen LogP contribution < -0.4 is 11.1 Å². The topological polar surface area (TPSA) is 75.4 Å². The summed E-state index contributed by atoms with van der Waals surface area (Å²) in [6.45, 7) is 0.879. The summed E-state index contributed by atoms with van der Waals surface area (Å²) in [6, 6.07) is -1.97. The minimum absolute atomic E-state index is 0.0689. The predicted octanol–water partition coefficient (Wildman–Crippen LogP) is 0.393. The Bertz CT molecular complexity index is 400. The van der Waals surface area contributed by atoms with Crippen LogP contribution in [0.5, 0.6) is 0 Å². The van der Waals surface area contributed by atoms with Crippen molar-refractivity contribution in [3.63, 3.8) is 0 Å². The van der Waals surface area contributed by atoms with Gasteiger partial charge in [-0.15, -0.1) is 0 Å². The number of nitrogens with one attached hydrogen (secondary N) is 1. The van der Waals surface area contributed by atoms with Gasteiger partial charge in [0.1, 0.15) is 12.0 Å². The molecule has 3 N–H and O–H groups in total. The molecule has 2 heterocycles. The second-order valence-electron chi connectivity index (χ2n) is 5.42. The minimum Gasteiger partial charge on any atom is -0.344 e. The molecular weight excluding hydrogens is 275 g/mol. The maximum absolute atomic E-state index is 12.5. The quantitative estimate of drug-likeness (QED) is 0.687. The maximum Gasteiger partial charge on any atom is 0.408 e. The molecule has 0 saturated carbocycles. The fourth-order valence-electron chi connectivity index (χ4n) is 2.72. The smallest absolute Gasteiger partial charge is 0.344 e. The lowest BCUT2D eigenvalue weighted by molar-refractivity contribution is -0.172. The van der Waals surface area contributed by atoms with Crippen molar-refractivity contribution in [1.82, 2.24) is 10.2 Å². The average Bonchev–Trinajstić information content (AvgIpc) is 2.36. The lowest BCUT2D eigenvalue weighted by Crippen LogP contribution is -2.56. The van der Waals surface area contributed by atoms with Crippen LogP contribution in [-0.4, -0.2) is 48.1 Å². The van der Waals surface area contributed by atoms with E-state index in [1.807, 2.05) is 5.32 Å². The van der Waals surface area contributed by atoms with Gasteiger partial charge in [0.15, 0.2) is 0 Å². The van der Waals surface area contributed by atoms with Gasteiger partial charge in [0.2, 0.25) is 11.8 Å². The van der Waals surface area contributed by atoms with Gasteiger partial charge in [0.25, 0.3) is 0 Å². The molecule has 8 heteroatoms. The van der Waals surface area contributed by atoms with Crippen molar-refractivity contribution in [3.8, 4) is 0 Å². The van der Waals surface area contributed by atoms with E-state index in [1.54, 1.807) is 0 Å². The number of carbonyl (C=O) groups excluding carboxylic acids is 2. The van der Waals surface area contributed by atoms with Gasteiger partial charge >= 0.3 is 6.18 Å². The Morgan fingerprint density at radius 2 is 2.00 bits per heavy atom. The Balaban J connectivity index is 1.97. The lowest BCUT2D eigenvalue weighted by atomic mass is 9.91. The highest BCUT2D eigenvalue weighted by atomic mass is 19.4. The fourth-order valence-corrected chi connectivity index (χ4v) is 2.72. The number of likely N-dealkylation sites (tertiary alicyclic amines) is 1. The van der Waals surface area contributed by atoms with Crippen molar-refractivity contribution in [2.75, 3.05) is 13.1 Å². The van der Waals surface area contributed by atoms with E-state index in [0.29, 0.717) is 13.1 Å². The molecule has 0 aromatic carbocycles. The zero-order valence-corrected chi connectivity index (χ0v) is 10.9. The summed E-state index contributed by atoms with van der Waals surface area (Å²) < 4.78 is 37.6. The number of alkyl halides is 3. The number of piperidine rings is 2. The normalized spacial score (nSPS) is 31.9. The first-order valence-corrected chi connectivity index (χ1v) is 6.70. The van der Waals surface area contributed by atoms with E-state index in [9.17, 15) is 22.8 Å². The summed E-state index contributed by atoms with van der Waals surface area (Å²) in [7, 11) is 0. The van der Waals surface area contributed by atoms with Crippen LogP contribution in [0.25, 0.3) is 0 Å². The molecule has 2 aliphatic heterocycles. The van der Waals surface area contributed by atoms with Crippen LogP contribution in [0, 0.1) is 5.92 Å². The molecule has 5 nitrogen and oxygen atoms in total. The Morgan fingerprint density at radius 1 is 1.30 bits per heavy atom. The number of amides is 2. The monoisotopic (exact) mass is 293 g/mol. The van der Waals surface area contributed by atoms with Crippen molar-refractivity contribution >= 4 is 11.8 Å². The molecule has 0 bridgehead atoms. The predicted molar refractivity (Wildman–Crippen MR) is 64.5 cm³/mol. The number of nitrogens with two attached hydrogens (primary N) is 1. The van der Waals surface area contributed by atoms with Gasteiger partial charge in [0.05, 0.1) is 0 Å². The molecule has 2 rings (SSSR count). The Kier molecular flexibility index (Phi) is 4.22. The fraction of sp³-hybridized carbons (Fsp3) is 0.833. The van der Waals surface area contributed by atoms with E-state index in [4.69, 9.17) is 5.73 Å². The number of halogens is 3. The molecule has 0 unspecified atom stereocenters. The Morgan fingerprint density at radius 3 is 2.55 bits per heavy atom. The number of carbonyl (C=O) groups is 2. The van der Waals surface area contributed by atoms with E-state index in [2.05, 4.69) is 0 Å². The summed E-state index contributed by atoms with van der Waals surface area (Å²) in [5.74, 6) is -2.25. The van der Waals surface area contributed by atoms with Crippen LogP contribution >= 0.6 is 0 Å². The molecule has 2 saturated heterocycles. The van der Waals surface area contributed by atoms with E-state index < -0.39 is 30.0 Å². The summed E-state index contributed by atoms with van der Waals surface area (Å²) >= 11 is 0. The zero-order chi connectivity index (χ0) is 14.9. The van der Waals surface area contributed by atoms with E-state index >= 15 is 0 Å². The molecule has 2 fully saturated rings. The lowest BCUT2D eigenvalue weighted by Gasteiger charge is -2.36. The number of hydrogen-bond donors (Lipinski definition) is 2. The van der Waals surface area contributed by atoms with Crippen molar-refractivity contribution in [3.05, 3.63) is 0 Å². The van der Waals surface area contributed by atoms with Gasteiger partial charge in [-0.05, 0) is 25.7 Å². The van der Waals surface area contributed by atoms with E-state index in [-0.39, 0.29) is 18.9 Å². The van der Waals surface area contributed by atoms with Crippen LogP contribution in [-0.2, 0) is 9.59 Å². The highest BCUT2D eigenvalue weighted by Crippen LogP contribution is 2.29. The molecule has 0 aliphatic carbocycles. The standard InChI is InChI=1S/C12H18F3N3O2/c13-12(14,15)9-4-3-8(10(19)17-9)11(20)18-5-1-2-7(16)6-18/h7-9H,1-6,16H2,(H,17,19)/t7-,8+,9-/m1/s1. The highest BCUT2D eigenvalue weighted by Gasteiger charge is 2.46. The minimum atomic E-state index is -4.46. The zero-order valence-electron chi connectivity index (χ0n) is 10.9. The molecule has 3 atom stereocenters. The SMILES string of the molecule is N[C@@H]1CCCN(C(=O)[C@H]2CC[C@H](C(F)(F)F)NC2=O)C1. The van der Waals surface area contributed by atoms with Gasteiger partial charge in [-0.25, -0.2) is 0 Å². The molecule has 0 radical (unpaired) electrons. The van der Waals surface area contributed by atoms with E-state index in [0.717, 1.165) is 12.8 Å².